The molecule has 7 nitrogen and oxygen atoms in total. The lowest BCUT2D eigenvalue weighted by molar-refractivity contribution is 0.0640. The first-order chi connectivity index (χ1) is 16.2. The first kappa shape index (κ1) is 22.3. The number of aromatic hydroxyl groups is 1. The molecule has 1 aromatic carbocycles. The van der Waals surface area contributed by atoms with Crippen LogP contribution in [0.4, 0.5) is 8.78 Å². The van der Waals surface area contributed by atoms with E-state index in [-0.39, 0.29) is 40.1 Å². The van der Waals surface area contributed by atoms with Crippen molar-refractivity contribution in [1.29, 1.82) is 0 Å². The Bertz CT molecular complexity index is 1260. The molecule has 2 heterocycles. The highest BCUT2D eigenvalue weighted by Gasteiger charge is 2.64. The Morgan fingerprint density at radius 3 is 2.50 bits per heavy atom. The number of carbonyl (C=O) groups excluding carboxylic acids is 1. The molecular weight excluding hydrogens is 440 g/mol. The second kappa shape index (κ2) is 7.78. The molecule has 1 N–H and O–H groups in total. The van der Waals surface area contributed by atoms with E-state index in [9.17, 15) is 18.7 Å². The standard InChI is InChI=1S/C25H25F2N5O2/c1-4-32(23(34)22-28-11-14(33)12-29-22)13-25-9-8-16(24(25,2)3)15-10-19(30-31-21(15)25)20-17(26)6-5-7-18(20)27/h5-7,10-12,16,33H,4,8-9,13H2,1-3H3/t16-,25-/m0/s1. The molecule has 3 aromatic rings. The normalized spacial score (nSPS) is 22.0. The monoisotopic (exact) mass is 465 g/mol. The molecule has 2 atom stereocenters. The van der Waals surface area contributed by atoms with Crippen molar-refractivity contribution >= 4 is 5.91 Å². The summed E-state index contributed by atoms with van der Waals surface area (Å²) in [6, 6.07) is 5.50. The summed E-state index contributed by atoms with van der Waals surface area (Å²) in [7, 11) is 0. The Kier molecular flexibility index (Phi) is 5.11. The summed E-state index contributed by atoms with van der Waals surface area (Å²) < 4.78 is 28.8. The molecule has 2 bridgehead atoms. The number of hydrogen-bond donors (Lipinski definition) is 1. The van der Waals surface area contributed by atoms with E-state index in [1.165, 1.54) is 30.6 Å². The minimum atomic E-state index is -0.678. The van der Waals surface area contributed by atoms with Gasteiger partial charge in [-0.25, -0.2) is 18.7 Å². The van der Waals surface area contributed by atoms with E-state index in [1.807, 2.05) is 6.92 Å². The predicted molar refractivity (Wildman–Crippen MR) is 120 cm³/mol. The van der Waals surface area contributed by atoms with Gasteiger partial charge in [-0.2, -0.15) is 10.2 Å². The minimum absolute atomic E-state index is 0.0121. The summed E-state index contributed by atoms with van der Waals surface area (Å²) >= 11 is 0. The molecule has 176 valence electrons. The molecule has 34 heavy (non-hydrogen) atoms. The Hall–Kier alpha value is -3.49. The zero-order valence-corrected chi connectivity index (χ0v) is 19.2. The van der Waals surface area contributed by atoms with Gasteiger partial charge >= 0.3 is 0 Å². The van der Waals surface area contributed by atoms with E-state index in [4.69, 9.17) is 0 Å². The molecule has 2 aromatic heterocycles. The second-order valence-corrected chi connectivity index (χ2v) is 9.61. The highest BCUT2D eigenvalue weighted by Crippen LogP contribution is 2.67. The van der Waals surface area contributed by atoms with Gasteiger partial charge in [-0.3, -0.25) is 4.79 Å². The third kappa shape index (κ3) is 3.09. The molecule has 0 radical (unpaired) electrons. The largest absolute Gasteiger partial charge is 0.505 e. The minimum Gasteiger partial charge on any atom is -0.505 e. The Morgan fingerprint density at radius 1 is 1.18 bits per heavy atom. The molecule has 5 rings (SSSR count). The lowest BCUT2D eigenvalue weighted by Crippen LogP contribution is -2.48. The predicted octanol–water partition coefficient (Wildman–Crippen LogP) is 4.23. The highest BCUT2D eigenvalue weighted by molar-refractivity contribution is 5.90. The number of hydrogen-bond acceptors (Lipinski definition) is 6. The molecule has 0 aliphatic heterocycles. The van der Waals surface area contributed by atoms with Crippen molar-refractivity contribution in [2.24, 2.45) is 5.41 Å². The van der Waals surface area contributed by atoms with Crippen LogP contribution in [-0.2, 0) is 5.41 Å². The van der Waals surface area contributed by atoms with Gasteiger partial charge in [-0.15, -0.1) is 0 Å². The van der Waals surface area contributed by atoms with Crippen molar-refractivity contribution in [3.8, 4) is 17.0 Å². The van der Waals surface area contributed by atoms with Crippen LogP contribution >= 0.6 is 0 Å². The summed E-state index contributed by atoms with van der Waals surface area (Å²) in [6.45, 7) is 7.04. The average molecular weight is 466 g/mol. The van der Waals surface area contributed by atoms with E-state index in [2.05, 4.69) is 34.0 Å². The van der Waals surface area contributed by atoms with Gasteiger partial charge in [0.25, 0.3) is 5.91 Å². The number of rotatable bonds is 5. The van der Waals surface area contributed by atoms with E-state index in [0.717, 1.165) is 24.1 Å². The molecule has 9 heteroatoms. The van der Waals surface area contributed by atoms with Crippen LogP contribution in [-0.4, -0.2) is 49.2 Å². The number of halogens is 2. The molecule has 0 saturated heterocycles. The maximum atomic E-state index is 14.4. The quantitative estimate of drug-likeness (QED) is 0.606. The summed E-state index contributed by atoms with van der Waals surface area (Å²) in [4.78, 5) is 22.8. The highest BCUT2D eigenvalue weighted by atomic mass is 19.1. The molecule has 0 spiro atoms. The summed E-state index contributed by atoms with van der Waals surface area (Å²) in [5.74, 6) is -1.66. The lowest BCUT2D eigenvalue weighted by atomic mass is 9.68. The smallest absolute Gasteiger partial charge is 0.291 e. The summed E-state index contributed by atoms with van der Waals surface area (Å²) in [5, 5.41) is 18.2. The van der Waals surface area contributed by atoms with Crippen LogP contribution < -0.4 is 0 Å². The van der Waals surface area contributed by atoms with Crippen LogP contribution in [0, 0.1) is 17.0 Å². The van der Waals surface area contributed by atoms with Crippen molar-refractivity contribution in [3.05, 3.63) is 65.4 Å². The zero-order chi connectivity index (χ0) is 24.3. The van der Waals surface area contributed by atoms with Crippen LogP contribution in [0.1, 0.15) is 61.4 Å². The van der Waals surface area contributed by atoms with Gasteiger partial charge in [0.15, 0.2) is 5.75 Å². The molecule has 2 aliphatic rings. The van der Waals surface area contributed by atoms with E-state index >= 15 is 0 Å². The topological polar surface area (TPSA) is 92.1 Å². The van der Waals surface area contributed by atoms with Gasteiger partial charge in [0.1, 0.15) is 11.6 Å². The van der Waals surface area contributed by atoms with Crippen molar-refractivity contribution in [3.63, 3.8) is 0 Å². The lowest BCUT2D eigenvalue weighted by Gasteiger charge is -2.41. The van der Waals surface area contributed by atoms with Crippen molar-refractivity contribution in [1.82, 2.24) is 25.1 Å². The number of carbonyl (C=O) groups is 1. The summed E-state index contributed by atoms with van der Waals surface area (Å²) in [5.41, 5.74) is 1.01. The molecule has 1 amide bonds. The van der Waals surface area contributed by atoms with Crippen molar-refractivity contribution in [2.75, 3.05) is 13.1 Å². The van der Waals surface area contributed by atoms with Crippen LogP contribution in [0.5, 0.6) is 5.75 Å². The van der Waals surface area contributed by atoms with Crippen molar-refractivity contribution < 1.29 is 18.7 Å². The number of amides is 1. The first-order valence-corrected chi connectivity index (χ1v) is 11.3. The number of likely N-dealkylation sites (N-methyl/N-ethyl adjacent to an activating group) is 1. The van der Waals surface area contributed by atoms with E-state index in [0.29, 0.717) is 13.1 Å². The number of benzene rings is 1. The Morgan fingerprint density at radius 2 is 1.85 bits per heavy atom. The zero-order valence-electron chi connectivity index (χ0n) is 19.2. The van der Waals surface area contributed by atoms with Crippen LogP contribution in [0.3, 0.4) is 0 Å². The molecule has 0 unspecified atom stereocenters. The molecule has 1 saturated carbocycles. The van der Waals surface area contributed by atoms with Crippen LogP contribution in [0.15, 0.2) is 36.7 Å². The number of fused-ring (bicyclic) bond motifs is 5. The fourth-order valence-electron chi connectivity index (χ4n) is 5.87. The SMILES string of the molecule is CCN(C[C@@]12CC[C@@H](c3cc(-c4c(F)cccc4F)nnc31)C2(C)C)C(=O)c1ncc(O)cn1. The Labute approximate surface area is 195 Å². The maximum absolute atomic E-state index is 14.4. The second-order valence-electron chi connectivity index (χ2n) is 9.61. The van der Waals surface area contributed by atoms with Crippen LogP contribution in [0.25, 0.3) is 11.3 Å². The van der Waals surface area contributed by atoms with E-state index < -0.39 is 17.0 Å². The van der Waals surface area contributed by atoms with E-state index in [1.54, 1.807) is 11.0 Å². The number of nitrogens with zero attached hydrogens (tertiary/aromatic N) is 5. The van der Waals surface area contributed by atoms with Gasteiger partial charge < -0.3 is 10.0 Å². The Balaban J connectivity index is 1.55. The van der Waals surface area contributed by atoms with Crippen LogP contribution in [0.2, 0.25) is 0 Å². The first-order valence-electron chi connectivity index (χ1n) is 11.3. The fraction of sp³-hybridized carbons (Fsp3) is 0.400. The van der Waals surface area contributed by atoms with Gasteiger partial charge in [0, 0.05) is 18.5 Å². The third-order valence-corrected chi connectivity index (χ3v) is 7.79. The average Bonchev–Trinajstić information content (AvgIpc) is 3.17. The molecular formula is C25H25F2N5O2. The third-order valence-electron chi connectivity index (χ3n) is 7.79. The maximum Gasteiger partial charge on any atom is 0.291 e. The molecule has 1 fully saturated rings. The summed E-state index contributed by atoms with van der Waals surface area (Å²) in [6.07, 6.45) is 4.09. The van der Waals surface area contributed by atoms with Gasteiger partial charge in [0.2, 0.25) is 5.82 Å². The van der Waals surface area contributed by atoms with Gasteiger partial charge in [0.05, 0.1) is 29.3 Å². The van der Waals surface area contributed by atoms with Gasteiger partial charge in [-0.1, -0.05) is 19.9 Å². The number of aromatic nitrogens is 4. The van der Waals surface area contributed by atoms with Crippen molar-refractivity contribution in [2.45, 2.75) is 44.9 Å². The molecule has 2 aliphatic carbocycles. The fourth-order valence-corrected chi connectivity index (χ4v) is 5.87. The van der Waals surface area contributed by atoms with Gasteiger partial charge in [-0.05, 0) is 54.9 Å².